The van der Waals surface area contributed by atoms with E-state index in [9.17, 15) is 0 Å². The lowest BCUT2D eigenvalue weighted by molar-refractivity contribution is 0.151. The zero-order valence-electron chi connectivity index (χ0n) is 20.9. The molecule has 1 aliphatic heterocycles. The van der Waals surface area contributed by atoms with Crippen molar-refractivity contribution in [2.75, 3.05) is 0 Å². The zero-order valence-corrected chi connectivity index (χ0v) is 20.9. The number of ether oxygens (including phenoxy) is 1. The van der Waals surface area contributed by atoms with Crippen LogP contribution in [-0.4, -0.2) is 36.9 Å². The van der Waals surface area contributed by atoms with Crippen molar-refractivity contribution in [2.24, 2.45) is 16.6 Å². The molecule has 3 heterocycles. The molecule has 5 rings (SSSR count). The summed E-state index contributed by atoms with van der Waals surface area (Å²) in [7, 11) is 0. The van der Waals surface area contributed by atoms with Crippen LogP contribution >= 0.6 is 0 Å². The standard InChI is InChI=1S/C27H35N7O/c1-27(2,3)24-18-33(32-31-24)17-23(19-10-6-4-7-11-19)34-16-20-14-25(29-15-22(20)30-26(34)28)35-21-12-8-5-9-13-21/h5,8-9,12-15,18-19,23H,4,6-7,10-11,16-17H2,1-3H3,(H2,28,30). The van der Waals surface area contributed by atoms with Crippen LogP contribution < -0.4 is 10.5 Å². The molecule has 8 heteroatoms. The molecule has 1 atom stereocenters. The van der Waals surface area contributed by atoms with Crippen LogP contribution in [0.3, 0.4) is 0 Å². The lowest BCUT2D eigenvalue weighted by atomic mass is 9.83. The number of fused-ring (bicyclic) bond motifs is 1. The second-order valence-corrected chi connectivity index (χ2v) is 10.7. The molecule has 184 valence electrons. The molecule has 35 heavy (non-hydrogen) atoms. The minimum Gasteiger partial charge on any atom is -0.439 e. The maximum Gasteiger partial charge on any atom is 0.219 e. The number of para-hydroxylation sites is 1. The van der Waals surface area contributed by atoms with Gasteiger partial charge in [0, 0.05) is 29.8 Å². The van der Waals surface area contributed by atoms with Crippen LogP contribution in [0.15, 0.2) is 53.8 Å². The maximum absolute atomic E-state index is 6.56. The van der Waals surface area contributed by atoms with Crippen molar-refractivity contribution in [3.8, 4) is 11.6 Å². The van der Waals surface area contributed by atoms with E-state index in [1.165, 1.54) is 32.1 Å². The fourth-order valence-electron chi connectivity index (χ4n) is 5.04. The smallest absolute Gasteiger partial charge is 0.219 e. The number of pyridine rings is 1. The first-order valence-electron chi connectivity index (χ1n) is 12.6. The van der Waals surface area contributed by atoms with Gasteiger partial charge in [0.1, 0.15) is 5.75 Å². The normalized spacial score (nSPS) is 17.6. The van der Waals surface area contributed by atoms with Gasteiger partial charge in [0.15, 0.2) is 5.96 Å². The molecule has 1 aromatic carbocycles. The van der Waals surface area contributed by atoms with E-state index in [1.54, 1.807) is 6.20 Å². The Morgan fingerprint density at radius 2 is 1.89 bits per heavy atom. The highest BCUT2D eigenvalue weighted by Crippen LogP contribution is 2.35. The van der Waals surface area contributed by atoms with Crippen molar-refractivity contribution >= 4 is 11.6 Å². The molecule has 3 aromatic rings. The van der Waals surface area contributed by atoms with Crippen LogP contribution in [0.25, 0.3) is 0 Å². The molecular formula is C27H35N7O. The number of benzene rings is 1. The predicted molar refractivity (Wildman–Crippen MR) is 137 cm³/mol. The second-order valence-electron chi connectivity index (χ2n) is 10.7. The Morgan fingerprint density at radius 3 is 2.60 bits per heavy atom. The Morgan fingerprint density at radius 1 is 1.11 bits per heavy atom. The Labute approximate surface area is 207 Å². The molecule has 0 radical (unpaired) electrons. The number of hydrogen-bond acceptors (Lipinski definition) is 7. The van der Waals surface area contributed by atoms with Gasteiger partial charge < -0.3 is 15.4 Å². The summed E-state index contributed by atoms with van der Waals surface area (Å²) in [6, 6.07) is 11.9. The predicted octanol–water partition coefficient (Wildman–Crippen LogP) is 5.17. The molecule has 2 aromatic heterocycles. The summed E-state index contributed by atoms with van der Waals surface area (Å²) in [5, 5.41) is 8.92. The Bertz CT molecular complexity index is 1180. The largest absolute Gasteiger partial charge is 0.439 e. The molecule has 0 amide bonds. The van der Waals surface area contributed by atoms with Crippen molar-refractivity contribution in [3.63, 3.8) is 0 Å². The summed E-state index contributed by atoms with van der Waals surface area (Å²) < 4.78 is 7.97. The van der Waals surface area contributed by atoms with Crippen LogP contribution in [0.1, 0.15) is 64.1 Å². The van der Waals surface area contributed by atoms with E-state index in [0.29, 0.717) is 24.3 Å². The number of rotatable bonds is 6. The number of aromatic nitrogens is 4. The SMILES string of the molecule is CC(C)(C)c1cn(CC(C2CCCCC2)N2Cc3cc(Oc4ccccc4)ncc3N=C2N)nn1. The number of nitrogens with zero attached hydrogens (tertiary/aromatic N) is 6. The van der Waals surface area contributed by atoms with Crippen LogP contribution in [-0.2, 0) is 18.5 Å². The molecular weight excluding hydrogens is 438 g/mol. The quantitative estimate of drug-likeness (QED) is 0.530. The highest BCUT2D eigenvalue weighted by atomic mass is 16.5. The van der Waals surface area contributed by atoms with E-state index in [1.807, 2.05) is 41.1 Å². The van der Waals surface area contributed by atoms with Gasteiger partial charge >= 0.3 is 0 Å². The number of guanidine groups is 1. The first kappa shape index (κ1) is 23.3. The fourth-order valence-corrected chi connectivity index (χ4v) is 5.04. The van der Waals surface area contributed by atoms with E-state index in [2.05, 4.69) is 47.2 Å². The maximum atomic E-state index is 6.56. The van der Waals surface area contributed by atoms with E-state index in [-0.39, 0.29) is 11.5 Å². The van der Waals surface area contributed by atoms with Crippen LogP contribution in [0.5, 0.6) is 11.6 Å². The molecule has 0 spiro atoms. The number of hydrogen-bond donors (Lipinski definition) is 1. The van der Waals surface area contributed by atoms with Crippen molar-refractivity contribution in [1.29, 1.82) is 0 Å². The van der Waals surface area contributed by atoms with E-state index < -0.39 is 0 Å². The lowest BCUT2D eigenvalue weighted by Gasteiger charge is -2.41. The molecule has 0 saturated heterocycles. The van der Waals surface area contributed by atoms with Gasteiger partial charge in [-0.15, -0.1) is 5.10 Å². The summed E-state index contributed by atoms with van der Waals surface area (Å²) in [4.78, 5) is 11.4. The third-order valence-electron chi connectivity index (χ3n) is 7.05. The average molecular weight is 474 g/mol. The minimum absolute atomic E-state index is 0.0364. The van der Waals surface area contributed by atoms with Crippen molar-refractivity contribution in [2.45, 2.75) is 77.4 Å². The van der Waals surface area contributed by atoms with E-state index >= 15 is 0 Å². The van der Waals surface area contributed by atoms with Gasteiger partial charge in [-0.05, 0) is 30.9 Å². The molecule has 2 N–H and O–H groups in total. The molecule has 1 unspecified atom stereocenters. The summed E-state index contributed by atoms with van der Waals surface area (Å²) in [5.41, 5.74) is 9.39. The minimum atomic E-state index is -0.0364. The first-order valence-corrected chi connectivity index (χ1v) is 12.6. The Balaban J connectivity index is 1.41. The van der Waals surface area contributed by atoms with Gasteiger partial charge in [-0.2, -0.15) is 0 Å². The van der Waals surface area contributed by atoms with Gasteiger partial charge in [0.25, 0.3) is 0 Å². The highest BCUT2D eigenvalue weighted by Gasteiger charge is 2.33. The third-order valence-corrected chi connectivity index (χ3v) is 7.05. The Hall–Kier alpha value is -3.42. The fraction of sp³-hybridized carbons (Fsp3) is 0.481. The molecule has 0 bridgehead atoms. The Kier molecular flexibility index (Phi) is 6.45. The van der Waals surface area contributed by atoms with Crippen molar-refractivity contribution in [3.05, 3.63) is 60.0 Å². The first-order chi connectivity index (χ1) is 16.9. The molecule has 2 aliphatic rings. The molecule has 8 nitrogen and oxygen atoms in total. The van der Waals surface area contributed by atoms with E-state index in [0.717, 1.165) is 29.2 Å². The molecule has 1 aliphatic carbocycles. The monoisotopic (exact) mass is 473 g/mol. The topological polar surface area (TPSA) is 94.5 Å². The number of nitrogens with two attached hydrogens (primary N) is 1. The van der Waals surface area contributed by atoms with Gasteiger partial charge in [-0.1, -0.05) is 63.4 Å². The van der Waals surface area contributed by atoms with Crippen LogP contribution in [0, 0.1) is 5.92 Å². The molecule has 1 saturated carbocycles. The van der Waals surface area contributed by atoms with Crippen molar-refractivity contribution < 1.29 is 4.74 Å². The van der Waals surface area contributed by atoms with Crippen LogP contribution in [0.4, 0.5) is 5.69 Å². The molecule has 1 fully saturated rings. The van der Waals surface area contributed by atoms with Gasteiger partial charge in [0.2, 0.25) is 5.88 Å². The van der Waals surface area contributed by atoms with E-state index in [4.69, 9.17) is 15.5 Å². The van der Waals surface area contributed by atoms with Gasteiger partial charge in [-0.25, -0.2) is 9.98 Å². The summed E-state index contributed by atoms with van der Waals surface area (Å²) in [6.45, 7) is 7.89. The highest BCUT2D eigenvalue weighted by molar-refractivity contribution is 5.83. The summed E-state index contributed by atoms with van der Waals surface area (Å²) in [5.74, 6) is 2.40. The third kappa shape index (κ3) is 5.31. The summed E-state index contributed by atoms with van der Waals surface area (Å²) in [6.07, 6.45) is 10.0. The van der Waals surface area contributed by atoms with Gasteiger partial charge in [-0.3, -0.25) is 4.68 Å². The summed E-state index contributed by atoms with van der Waals surface area (Å²) >= 11 is 0. The second kappa shape index (κ2) is 9.68. The van der Waals surface area contributed by atoms with Crippen molar-refractivity contribution in [1.82, 2.24) is 24.9 Å². The average Bonchev–Trinajstić information content (AvgIpc) is 3.33. The van der Waals surface area contributed by atoms with Gasteiger partial charge in [0.05, 0.1) is 30.2 Å². The van der Waals surface area contributed by atoms with Crippen LogP contribution in [0.2, 0.25) is 0 Å². The number of aliphatic imine (C=N–C) groups is 1. The lowest BCUT2D eigenvalue weighted by Crippen LogP contribution is -2.51. The zero-order chi connectivity index (χ0) is 24.4.